The van der Waals surface area contributed by atoms with Crippen LogP contribution in [-0.2, 0) is 6.42 Å². The summed E-state index contributed by atoms with van der Waals surface area (Å²) in [6.45, 7) is 3.94. The molecule has 1 fully saturated rings. The number of aromatic amines is 1. The first kappa shape index (κ1) is 12.3. The highest BCUT2D eigenvalue weighted by Gasteiger charge is 2.22. The predicted molar refractivity (Wildman–Crippen MR) is 77.3 cm³/mol. The molecule has 0 saturated heterocycles. The normalized spacial score (nSPS) is 15.1. The molecule has 1 aliphatic carbocycles. The minimum absolute atomic E-state index is 0.0245. The first-order valence-electron chi connectivity index (χ1n) is 7.05. The van der Waals surface area contributed by atoms with E-state index < -0.39 is 0 Å². The molecule has 0 spiro atoms. The number of nitrogens with one attached hydrogen (secondary N) is 2. The van der Waals surface area contributed by atoms with Gasteiger partial charge in [0.05, 0.1) is 0 Å². The van der Waals surface area contributed by atoms with Gasteiger partial charge < -0.3 is 10.3 Å². The molecule has 0 atom stereocenters. The van der Waals surface area contributed by atoms with E-state index in [1.54, 1.807) is 0 Å². The molecule has 3 heteroatoms. The van der Waals surface area contributed by atoms with Gasteiger partial charge in [0, 0.05) is 16.9 Å². The molecular formula is C16H20N2O. The van der Waals surface area contributed by atoms with E-state index in [0.29, 0.717) is 5.69 Å². The Morgan fingerprint density at radius 1 is 1.42 bits per heavy atom. The fraction of sp³-hybridized carbons (Fsp3) is 0.438. The zero-order chi connectivity index (χ0) is 13.4. The van der Waals surface area contributed by atoms with Gasteiger partial charge in [-0.2, -0.15) is 0 Å². The Balaban J connectivity index is 1.93. The van der Waals surface area contributed by atoms with E-state index in [2.05, 4.69) is 22.4 Å². The van der Waals surface area contributed by atoms with Crippen LogP contribution >= 0.6 is 0 Å². The molecule has 2 aromatic rings. The van der Waals surface area contributed by atoms with Crippen molar-refractivity contribution in [3.63, 3.8) is 0 Å². The molecule has 1 aromatic heterocycles. The summed E-state index contributed by atoms with van der Waals surface area (Å²) in [5.41, 5.74) is 3.08. The molecule has 3 rings (SSSR count). The molecule has 3 nitrogen and oxygen atoms in total. The third-order valence-electron chi connectivity index (χ3n) is 3.62. The Hall–Kier alpha value is -1.77. The van der Waals surface area contributed by atoms with E-state index >= 15 is 0 Å². The van der Waals surface area contributed by atoms with Crippen molar-refractivity contribution in [3.8, 4) is 0 Å². The van der Waals surface area contributed by atoms with Crippen LogP contribution in [-0.4, -0.2) is 16.9 Å². The lowest BCUT2D eigenvalue weighted by molar-refractivity contribution is 0.0939. The molecule has 1 aliphatic rings. The quantitative estimate of drug-likeness (QED) is 0.866. The van der Waals surface area contributed by atoms with Crippen molar-refractivity contribution in [1.29, 1.82) is 0 Å². The van der Waals surface area contributed by atoms with Crippen molar-refractivity contribution < 1.29 is 4.79 Å². The molecule has 0 radical (unpaired) electrons. The van der Waals surface area contributed by atoms with Crippen molar-refractivity contribution in [2.75, 3.05) is 0 Å². The van der Waals surface area contributed by atoms with Crippen molar-refractivity contribution in [2.45, 2.75) is 39.2 Å². The third-order valence-corrected chi connectivity index (χ3v) is 3.62. The minimum atomic E-state index is -0.0245. The zero-order valence-electron chi connectivity index (χ0n) is 11.5. The number of hydrogen-bond donors (Lipinski definition) is 2. The lowest BCUT2D eigenvalue weighted by atomic mass is 10.0. The van der Waals surface area contributed by atoms with Gasteiger partial charge in [0.2, 0.25) is 0 Å². The summed E-state index contributed by atoms with van der Waals surface area (Å²) in [5, 5.41) is 4.12. The van der Waals surface area contributed by atoms with Gasteiger partial charge in [0.25, 0.3) is 5.91 Å². The number of rotatable bonds is 4. The molecule has 100 valence electrons. The minimum Gasteiger partial charge on any atom is -0.351 e. The molecule has 1 saturated carbocycles. The molecule has 1 aromatic carbocycles. The van der Waals surface area contributed by atoms with Crippen LogP contribution in [0.15, 0.2) is 24.3 Å². The number of benzene rings is 1. The maximum Gasteiger partial charge on any atom is 0.267 e. The topological polar surface area (TPSA) is 44.9 Å². The maximum absolute atomic E-state index is 12.0. The fourth-order valence-corrected chi connectivity index (χ4v) is 2.49. The molecular weight excluding hydrogens is 236 g/mol. The Morgan fingerprint density at radius 3 is 2.89 bits per heavy atom. The molecule has 0 bridgehead atoms. The van der Waals surface area contributed by atoms with Crippen molar-refractivity contribution in [3.05, 3.63) is 35.5 Å². The highest BCUT2D eigenvalue weighted by atomic mass is 16.1. The number of H-pyrrole nitrogens is 1. The summed E-state index contributed by atoms with van der Waals surface area (Å²) in [6.07, 6.45) is 3.84. The van der Waals surface area contributed by atoms with Gasteiger partial charge in [-0.25, -0.2) is 0 Å². The predicted octanol–water partition coefficient (Wildman–Crippen LogP) is 3.26. The lowest BCUT2D eigenvalue weighted by Crippen LogP contribution is -2.30. The Morgan fingerprint density at radius 2 is 2.21 bits per heavy atom. The van der Waals surface area contributed by atoms with Crippen LogP contribution in [0.1, 0.15) is 42.7 Å². The van der Waals surface area contributed by atoms with E-state index in [9.17, 15) is 4.79 Å². The first-order chi connectivity index (χ1) is 9.13. The van der Waals surface area contributed by atoms with E-state index in [1.807, 2.05) is 26.0 Å². The Labute approximate surface area is 113 Å². The number of amides is 1. The second-order valence-corrected chi connectivity index (χ2v) is 5.84. The van der Waals surface area contributed by atoms with Crippen LogP contribution < -0.4 is 5.32 Å². The second kappa shape index (κ2) is 4.72. The smallest absolute Gasteiger partial charge is 0.267 e. The summed E-state index contributed by atoms with van der Waals surface area (Å²) in [7, 11) is 0. The highest BCUT2D eigenvalue weighted by molar-refractivity contribution is 5.99. The fourth-order valence-electron chi connectivity index (χ4n) is 2.49. The van der Waals surface area contributed by atoms with Gasteiger partial charge in [0.15, 0.2) is 0 Å². The Kier molecular flexibility index (Phi) is 3.05. The highest BCUT2D eigenvalue weighted by Crippen LogP contribution is 2.34. The summed E-state index contributed by atoms with van der Waals surface area (Å²) in [5.74, 6) is 0.831. The maximum atomic E-state index is 12.0. The molecule has 0 aliphatic heterocycles. The van der Waals surface area contributed by atoms with Crippen molar-refractivity contribution >= 4 is 16.8 Å². The average Bonchev–Trinajstić information content (AvgIpc) is 3.05. The first-order valence-corrected chi connectivity index (χ1v) is 7.05. The average molecular weight is 256 g/mol. The monoisotopic (exact) mass is 256 g/mol. The lowest BCUT2D eigenvalue weighted by Gasteiger charge is -2.05. The van der Waals surface area contributed by atoms with Crippen LogP contribution in [0.2, 0.25) is 0 Å². The summed E-state index contributed by atoms with van der Waals surface area (Å²) in [4.78, 5) is 15.3. The van der Waals surface area contributed by atoms with Gasteiger partial charge >= 0.3 is 0 Å². The summed E-state index contributed by atoms with van der Waals surface area (Å²) >= 11 is 0. The number of hydrogen-bond acceptors (Lipinski definition) is 1. The Bertz CT molecular complexity index is 608. The van der Waals surface area contributed by atoms with Crippen molar-refractivity contribution in [2.24, 2.45) is 5.92 Å². The van der Waals surface area contributed by atoms with Crippen LogP contribution in [0.25, 0.3) is 10.9 Å². The largest absolute Gasteiger partial charge is 0.351 e. The summed E-state index contributed by atoms with van der Waals surface area (Å²) < 4.78 is 0. The van der Waals surface area contributed by atoms with Crippen LogP contribution in [0.4, 0.5) is 0 Å². The molecule has 0 unspecified atom stereocenters. The van der Waals surface area contributed by atoms with Crippen LogP contribution in [0.5, 0.6) is 0 Å². The number of carbonyl (C=O) groups is 1. The molecule has 1 amide bonds. The second-order valence-electron chi connectivity index (χ2n) is 5.84. The van der Waals surface area contributed by atoms with Gasteiger partial charge in [-0.15, -0.1) is 0 Å². The van der Waals surface area contributed by atoms with E-state index in [1.165, 1.54) is 23.8 Å². The van der Waals surface area contributed by atoms with Crippen molar-refractivity contribution in [1.82, 2.24) is 10.3 Å². The van der Waals surface area contributed by atoms with Gasteiger partial charge in [-0.1, -0.05) is 12.1 Å². The zero-order valence-corrected chi connectivity index (χ0v) is 11.5. The van der Waals surface area contributed by atoms with Gasteiger partial charge in [-0.3, -0.25) is 4.79 Å². The number of carbonyl (C=O) groups excluding carboxylic acids is 1. The van der Waals surface area contributed by atoms with Gasteiger partial charge in [-0.05, 0) is 56.7 Å². The van der Waals surface area contributed by atoms with Crippen LogP contribution in [0.3, 0.4) is 0 Å². The van der Waals surface area contributed by atoms with Crippen LogP contribution in [0, 0.1) is 5.92 Å². The number of aromatic nitrogens is 1. The van der Waals surface area contributed by atoms with E-state index in [0.717, 1.165) is 17.9 Å². The van der Waals surface area contributed by atoms with E-state index in [-0.39, 0.29) is 11.9 Å². The van der Waals surface area contributed by atoms with E-state index in [4.69, 9.17) is 0 Å². The molecule has 1 heterocycles. The molecule has 2 N–H and O–H groups in total. The summed E-state index contributed by atoms with van der Waals surface area (Å²) in [6, 6.07) is 8.44. The third kappa shape index (κ3) is 2.65. The SMILES string of the molecule is CC(C)NC(=O)c1cc2c(CC3CC3)cccc2[nH]1. The van der Waals surface area contributed by atoms with Gasteiger partial charge in [0.1, 0.15) is 5.69 Å². The number of fused-ring (bicyclic) bond motifs is 1. The molecule has 19 heavy (non-hydrogen) atoms. The standard InChI is InChI=1S/C16H20N2O/c1-10(2)17-16(19)15-9-13-12(8-11-6-7-11)4-3-5-14(13)18-15/h3-5,9-11,18H,6-8H2,1-2H3,(H,17,19).